The Morgan fingerprint density at radius 3 is 0.480 bits per heavy atom. The molecule has 0 atom stereocenters. The number of hydrogen-bond donors (Lipinski definition) is 6. The molecule has 128 valence electrons. The molecular formula is C12H7NaO12. The van der Waals surface area contributed by atoms with E-state index in [9.17, 15) is 28.8 Å². The first-order valence-corrected chi connectivity index (χ1v) is 5.57. The van der Waals surface area contributed by atoms with Crippen LogP contribution in [-0.2, 0) is 0 Å². The van der Waals surface area contributed by atoms with E-state index in [1.807, 2.05) is 0 Å². The van der Waals surface area contributed by atoms with Crippen molar-refractivity contribution in [2.45, 2.75) is 0 Å². The van der Waals surface area contributed by atoms with Crippen LogP contribution in [0.2, 0.25) is 0 Å². The summed E-state index contributed by atoms with van der Waals surface area (Å²) >= 11 is 0. The molecule has 0 aliphatic heterocycles. The molecular weight excluding hydrogens is 359 g/mol. The van der Waals surface area contributed by atoms with Crippen LogP contribution in [-0.4, -0.2) is 96.0 Å². The van der Waals surface area contributed by atoms with Gasteiger partial charge < -0.3 is 30.6 Å². The zero-order valence-electron chi connectivity index (χ0n) is 11.1. The molecule has 0 aromatic heterocycles. The van der Waals surface area contributed by atoms with Gasteiger partial charge in [0.25, 0.3) is 0 Å². The van der Waals surface area contributed by atoms with Gasteiger partial charge in [-0.1, -0.05) is 0 Å². The summed E-state index contributed by atoms with van der Waals surface area (Å²) in [7, 11) is 0. The van der Waals surface area contributed by atoms with Gasteiger partial charge in [0.05, 0.1) is 33.4 Å². The summed E-state index contributed by atoms with van der Waals surface area (Å²) in [4.78, 5) is 67.3. The summed E-state index contributed by atoms with van der Waals surface area (Å²) in [6, 6.07) is 0. The average Bonchev–Trinajstić information content (AvgIpc) is 2.42. The molecule has 0 bridgehead atoms. The van der Waals surface area contributed by atoms with Crippen molar-refractivity contribution in [1.82, 2.24) is 0 Å². The molecule has 1 rings (SSSR count). The molecule has 0 aliphatic rings. The first kappa shape index (κ1) is 22.0. The minimum atomic E-state index is -2.26. The van der Waals surface area contributed by atoms with Gasteiger partial charge in [0.2, 0.25) is 0 Å². The van der Waals surface area contributed by atoms with E-state index in [0.717, 1.165) is 0 Å². The van der Waals surface area contributed by atoms with Gasteiger partial charge in [-0.3, -0.25) is 0 Å². The fraction of sp³-hybridized carbons (Fsp3) is 0. The van der Waals surface area contributed by atoms with Crippen LogP contribution in [0, 0.1) is 0 Å². The Morgan fingerprint density at radius 2 is 0.440 bits per heavy atom. The number of carbonyl (C=O) groups is 6. The topological polar surface area (TPSA) is 224 Å². The zero-order chi connectivity index (χ0) is 18.9. The summed E-state index contributed by atoms with van der Waals surface area (Å²) < 4.78 is 0. The van der Waals surface area contributed by atoms with Gasteiger partial charge in [0.1, 0.15) is 0 Å². The summed E-state index contributed by atoms with van der Waals surface area (Å²) in [6.45, 7) is 0. The first-order valence-electron chi connectivity index (χ1n) is 5.57. The molecule has 1 aromatic rings. The number of hydrogen-bond acceptors (Lipinski definition) is 6. The van der Waals surface area contributed by atoms with Gasteiger partial charge >= 0.3 is 65.4 Å². The van der Waals surface area contributed by atoms with Gasteiger partial charge in [-0.15, -0.1) is 0 Å². The Morgan fingerprint density at radius 1 is 0.360 bits per heavy atom. The van der Waals surface area contributed by atoms with Crippen molar-refractivity contribution >= 4 is 65.4 Å². The Balaban J connectivity index is 0.00000576. The van der Waals surface area contributed by atoms with Crippen LogP contribution >= 0.6 is 0 Å². The number of carboxylic acids is 6. The molecule has 0 unspecified atom stereocenters. The standard InChI is InChI=1S/C12H6O12.Na.H/c13-7(14)1-2(8(15)16)4(10(19)20)6(12(23)24)5(11(21)22)3(1)9(17)18;;/h(H,13,14)(H,15,16)(H,17,18)(H,19,20)(H,21,22)(H,23,24);;. The van der Waals surface area contributed by atoms with Gasteiger partial charge in [-0.2, -0.15) is 0 Å². The SMILES string of the molecule is O=C(O)c1c(C(=O)O)c(C(=O)O)c(C(=O)O)c(C(=O)O)c1C(=O)O.[NaH]. The first-order chi connectivity index (χ1) is 10.9. The Hall–Kier alpha value is -2.96. The molecule has 0 heterocycles. The fourth-order valence-electron chi connectivity index (χ4n) is 2.03. The van der Waals surface area contributed by atoms with Gasteiger partial charge in [-0.25, -0.2) is 28.8 Å². The monoisotopic (exact) mass is 366 g/mol. The van der Waals surface area contributed by atoms with Gasteiger partial charge in [0.15, 0.2) is 0 Å². The maximum absolute atomic E-state index is 11.2. The van der Waals surface area contributed by atoms with E-state index in [4.69, 9.17) is 30.6 Å². The van der Waals surface area contributed by atoms with Gasteiger partial charge in [0, 0.05) is 0 Å². The van der Waals surface area contributed by atoms with E-state index < -0.39 is 69.2 Å². The molecule has 0 aliphatic carbocycles. The Kier molecular flexibility index (Phi) is 6.82. The van der Waals surface area contributed by atoms with Crippen LogP contribution in [0.3, 0.4) is 0 Å². The molecule has 0 radical (unpaired) electrons. The molecule has 0 fully saturated rings. The second-order valence-corrected chi connectivity index (χ2v) is 4.08. The van der Waals surface area contributed by atoms with Crippen molar-refractivity contribution in [2.24, 2.45) is 0 Å². The van der Waals surface area contributed by atoms with Gasteiger partial charge in [-0.05, 0) is 0 Å². The number of carboxylic acid groups (broad SMARTS) is 6. The molecule has 13 heteroatoms. The molecule has 0 spiro atoms. The molecule has 0 saturated carbocycles. The van der Waals surface area contributed by atoms with Crippen molar-refractivity contribution in [1.29, 1.82) is 0 Å². The summed E-state index contributed by atoms with van der Waals surface area (Å²) in [5.74, 6) is -13.5. The third-order valence-electron chi connectivity index (χ3n) is 2.78. The number of rotatable bonds is 6. The van der Waals surface area contributed by atoms with Crippen LogP contribution in [0.4, 0.5) is 0 Å². The van der Waals surface area contributed by atoms with Crippen LogP contribution < -0.4 is 0 Å². The maximum atomic E-state index is 11.2. The predicted octanol–water partition coefficient (Wildman–Crippen LogP) is -0.773. The van der Waals surface area contributed by atoms with E-state index in [1.165, 1.54) is 0 Å². The summed E-state index contributed by atoms with van der Waals surface area (Å²) in [5.41, 5.74) is -9.95. The molecule has 1 aromatic carbocycles. The molecule has 12 nitrogen and oxygen atoms in total. The molecule has 0 saturated heterocycles. The Labute approximate surface area is 158 Å². The fourth-order valence-corrected chi connectivity index (χ4v) is 2.03. The quantitative estimate of drug-likeness (QED) is 0.341. The van der Waals surface area contributed by atoms with E-state index in [2.05, 4.69) is 0 Å². The van der Waals surface area contributed by atoms with Crippen LogP contribution in [0.25, 0.3) is 0 Å². The average molecular weight is 366 g/mol. The summed E-state index contributed by atoms with van der Waals surface area (Å²) in [6.07, 6.45) is 0. The van der Waals surface area contributed by atoms with Crippen LogP contribution in [0.5, 0.6) is 0 Å². The molecule has 25 heavy (non-hydrogen) atoms. The second-order valence-electron chi connectivity index (χ2n) is 4.08. The number of aromatic carboxylic acids is 6. The second kappa shape index (κ2) is 7.74. The zero-order valence-corrected chi connectivity index (χ0v) is 11.1. The third-order valence-corrected chi connectivity index (χ3v) is 2.78. The van der Waals surface area contributed by atoms with E-state index in [-0.39, 0.29) is 29.6 Å². The predicted molar refractivity (Wildman–Crippen MR) is 75.3 cm³/mol. The van der Waals surface area contributed by atoms with Crippen molar-refractivity contribution < 1.29 is 59.4 Å². The third kappa shape index (κ3) is 3.76. The van der Waals surface area contributed by atoms with Crippen molar-refractivity contribution in [2.75, 3.05) is 0 Å². The molecule has 6 N–H and O–H groups in total. The minimum absolute atomic E-state index is 0. The molecule has 0 amide bonds. The summed E-state index contributed by atoms with van der Waals surface area (Å²) in [5, 5.41) is 54.2. The van der Waals surface area contributed by atoms with Crippen molar-refractivity contribution in [3.05, 3.63) is 33.4 Å². The van der Waals surface area contributed by atoms with E-state index in [1.54, 1.807) is 0 Å². The normalized spacial score (nSPS) is 9.60. The van der Waals surface area contributed by atoms with Crippen LogP contribution in [0.1, 0.15) is 62.1 Å². The van der Waals surface area contributed by atoms with Crippen molar-refractivity contribution in [3.8, 4) is 0 Å². The Bertz CT molecular complexity index is 639. The van der Waals surface area contributed by atoms with Crippen molar-refractivity contribution in [3.63, 3.8) is 0 Å². The van der Waals surface area contributed by atoms with E-state index >= 15 is 0 Å². The van der Waals surface area contributed by atoms with Crippen LogP contribution in [0.15, 0.2) is 0 Å². The van der Waals surface area contributed by atoms with E-state index in [0.29, 0.717) is 0 Å². The number of benzene rings is 1.